The quantitative estimate of drug-likeness (QED) is 0.918. The Morgan fingerprint density at radius 3 is 2.72 bits per heavy atom. The Bertz CT molecular complexity index is 565. The fourth-order valence-electron chi connectivity index (χ4n) is 2.05. The van der Waals surface area contributed by atoms with Crippen molar-refractivity contribution in [1.29, 1.82) is 0 Å². The van der Waals surface area contributed by atoms with Crippen molar-refractivity contribution in [1.82, 2.24) is 9.78 Å². The van der Waals surface area contributed by atoms with Gasteiger partial charge in [-0.3, -0.25) is 0 Å². The molecule has 96 valence electrons. The van der Waals surface area contributed by atoms with Crippen LogP contribution in [0.1, 0.15) is 30.6 Å². The van der Waals surface area contributed by atoms with E-state index in [9.17, 15) is 0 Å². The molecule has 0 amide bonds. The summed E-state index contributed by atoms with van der Waals surface area (Å²) in [6.45, 7) is 4.04. The molecule has 1 unspecified atom stereocenters. The number of anilines is 1. The van der Waals surface area contributed by atoms with Crippen LogP contribution in [0.2, 0.25) is 5.02 Å². The highest BCUT2D eigenvalue weighted by atomic mass is 79.9. The predicted molar refractivity (Wildman–Crippen MR) is 79.0 cm³/mol. The van der Waals surface area contributed by atoms with E-state index in [1.165, 1.54) is 0 Å². The smallest absolute Gasteiger partial charge is 0.137 e. The molecule has 1 aromatic heterocycles. The third-order valence-electron chi connectivity index (χ3n) is 2.96. The molecule has 2 rings (SSSR count). The molecule has 0 radical (unpaired) electrons. The average molecular weight is 329 g/mol. The first-order chi connectivity index (χ1) is 8.54. The standard InChI is InChI=1S/C13H15BrClN3/c1-3-11(9-5-4-6-10(15)7-9)18-13(16)12(14)8(2)17-18/h4-7,11H,3,16H2,1-2H3. The second-order valence-electron chi connectivity index (χ2n) is 4.21. The zero-order valence-corrected chi connectivity index (χ0v) is 12.7. The van der Waals surface area contributed by atoms with E-state index in [2.05, 4.69) is 28.0 Å². The van der Waals surface area contributed by atoms with Crippen LogP contribution in [0.15, 0.2) is 28.7 Å². The van der Waals surface area contributed by atoms with E-state index in [0.29, 0.717) is 5.82 Å². The molecule has 0 aliphatic heterocycles. The lowest BCUT2D eigenvalue weighted by Crippen LogP contribution is -2.14. The summed E-state index contributed by atoms with van der Waals surface area (Å²) in [7, 11) is 0. The van der Waals surface area contributed by atoms with E-state index in [4.69, 9.17) is 17.3 Å². The van der Waals surface area contributed by atoms with Gasteiger partial charge >= 0.3 is 0 Å². The zero-order chi connectivity index (χ0) is 13.3. The van der Waals surface area contributed by atoms with Gasteiger partial charge in [0.05, 0.1) is 16.2 Å². The Labute approximate surface area is 120 Å². The van der Waals surface area contributed by atoms with Crippen molar-refractivity contribution in [3.63, 3.8) is 0 Å². The molecule has 2 aromatic rings. The van der Waals surface area contributed by atoms with E-state index < -0.39 is 0 Å². The van der Waals surface area contributed by atoms with Crippen molar-refractivity contribution in [3.8, 4) is 0 Å². The molecule has 5 heteroatoms. The third-order valence-corrected chi connectivity index (χ3v) is 4.18. The van der Waals surface area contributed by atoms with Gasteiger partial charge in [0, 0.05) is 5.02 Å². The minimum absolute atomic E-state index is 0.105. The molecule has 0 fully saturated rings. The highest BCUT2D eigenvalue weighted by Gasteiger charge is 2.18. The molecular formula is C13H15BrClN3. The maximum Gasteiger partial charge on any atom is 0.137 e. The maximum atomic E-state index is 6.08. The number of nitrogen functional groups attached to an aromatic ring is 1. The number of halogens is 2. The number of nitrogens with two attached hydrogens (primary N) is 1. The highest BCUT2D eigenvalue weighted by Crippen LogP contribution is 2.31. The Balaban J connectivity index is 2.48. The molecule has 0 spiro atoms. The summed E-state index contributed by atoms with van der Waals surface area (Å²) in [6, 6.07) is 7.92. The normalized spacial score (nSPS) is 12.7. The van der Waals surface area contributed by atoms with Crippen molar-refractivity contribution in [2.75, 3.05) is 5.73 Å². The lowest BCUT2D eigenvalue weighted by Gasteiger charge is -2.17. The molecule has 0 aliphatic carbocycles. The molecule has 1 aromatic carbocycles. The molecular weight excluding hydrogens is 314 g/mol. The van der Waals surface area contributed by atoms with Crippen molar-refractivity contribution in [2.24, 2.45) is 0 Å². The van der Waals surface area contributed by atoms with E-state index in [1.54, 1.807) is 0 Å². The molecule has 2 N–H and O–H groups in total. The van der Waals surface area contributed by atoms with E-state index in [-0.39, 0.29) is 6.04 Å². The summed E-state index contributed by atoms with van der Waals surface area (Å²) in [4.78, 5) is 0. The van der Waals surface area contributed by atoms with Gasteiger partial charge in [-0.15, -0.1) is 0 Å². The van der Waals surface area contributed by atoms with Crippen LogP contribution in [0.4, 0.5) is 5.82 Å². The number of nitrogens with zero attached hydrogens (tertiary/aromatic N) is 2. The summed E-state index contributed by atoms with van der Waals surface area (Å²) in [5.41, 5.74) is 8.09. The Hall–Kier alpha value is -1.00. The van der Waals surface area contributed by atoms with Gasteiger partial charge in [-0.05, 0) is 47.0 Å². The summed E-state index contributed by atoms with van der Waals surface area (Å²) in [5.74, 6) is 0.652. The summed E-state index contributed by atoms with van der Waals surface area (Å²) >= 11 is 9.49. The summed E-state index contributed by atoms with van der Waals surface area (Å²) in [5, 5.41) is 5.22. The number of hydrogen-bond donors (Lipinski definition) is 1. The summed E-state index contributed by atoms with van der Waals surface area (Å²) < 4.78 is 2.72. The van der Waals surface area contributed by atoms with Crippen molar-refractivity contribution in [2.45, 2.75) is 26.3 Å². The van der Waals surface area contributed by atoms with Gasteiger partial charge in [-0.2, -0.15) is 5.10 Å². The fraction of sp³-hybridized carbons (Fsp3) is 0.308. The van der Waals surface area contributed by atoms with Gasteiger partial charge in [0.15, 0.2) is 0 Å². The minimum Gasteiger partial charge on any atom is -0.383 e. The monoisotopic (exact) mass is 327 g/mol. The topological polar surface area (TPSA) is 43.8 Å². The molecule has 18 heavy (non-hydrogen) atoms. The van der Waals surface area contributed by atoms with E-state index >= 15 is 0 Å². The Morgan fingerprint density at radius 1 is 1.50 bits per heavy atom. The second kappa shape index (κ2) is 5.33. The number of hydrogen-bond acceptors (Lipinski definition) is 2. The largest absolute Gasteiger partial charge is 0.383 e. The first-order valence-corrected chi connectivity index (χ1v) is 6.97. The maximum absolute atomic E-state index is 6.08. The lowest BCUT2D eigenvalue weighted by atomic mass is 10.1. The number of rotatable bonds is 3. The minimum atomic E-state index is 0.105. The molecule has 3 nitrogen and oxygen atoms in total. The molecule has 1 heterocycles. The molecule has 0 saturated heterocycles. The van der Waals surface area contributed by atoms with Gasteiger partial charge in [0.1, 0.15) is 5.82 Å². The van der Waals surface area contributed by atoms with Crippen LogP contribution in [-0.4, -0.2) is 9.78 Å². The number of aromatic nitrogens is 2. The van der Waals surface area contributed by atoms with Crippen LogP contribution >= 0.6 is 27.5 Å². The lowest BCUT2D eigenvalue weighted by molar-refractivity contribution is 0.513. The van der Waals surface area contributed by atoms with Crippen LogP contribution in [0.3, 0.4) is 0 Å². The average Bonchev–Trinajstić information content (AvgIpc) is 2.59. The predicted octanol–water partition coefficient (Wildman–Crippen LogP) is 4.19. The van der Waals surface area contributed by atoms with Crippen molar-refractivity contribution in [3.05, 3.63) is 45.0 Å². The van der Waals surface area contributed by atoms with Gasteiger partial charge in [-0.25, -0.2) is 4.68 Å². The van der Waals surface area contributed by atoms with Gasteiger partial charge in [-0.1, -0.05) is 30.7 Å². The van der Waals surface area contributed by atoms with Gasteiger partial charge < -0.3 is 5.73 Å². The van der Waals surface area contributed by atoms with Crippen molar-refractivity contribution < 1.29 is 0 Å². The zero-order valence-electron chi connectivity index (χ0n) is 10.3. The van der Waals surface area contributed by atoms with Crippen molar-refractivity contribution >= 4 is 33.3 Å². The van der Waals surface area contributed by atoms with Crippen LogP contribution in [0.5, 0.6) is 0 Å². The van der Waals surface area contributed by atoms with Gasteiger partial charge in [0.25, 0.3) is 0 Å². The van der Waals surface area contributed by atoms with Crippen LogP contribution in [0, 0.1) is 6.92 Å². The van der Waals surface area contributed by atoms with E-state index in [0.717, 1.165) is 27.2 Å². The molecule has 0 bridgehead atoms. The third kappa shape index (κ3) is 2.40. The number of benzene rings is 1. The molecule has 0 saturated carbocycles. The first-order valence-electron chi connectivity index (χ1n) is 5.80. The Morgan fingerprint density at radius 2 is 2.22 bits per heavy atom. The highest BCUT2D eigenvalue weighted by molar-refractivity contribution is 9.10. The van der Waals surface area contributed by atoms with Gasteiger partial charge in [0.2, 0.25) is 0 Å². The van der Waals surface area contributed by atoms with Crippen LogP contribution in [0.25, 0.3) is 0 Å². The second-order valence-corrected chi connectivity index (χ2v) is 5.44. The fourth-order valence-corrected chi connectivity index (χ4v) is 2.51. The first kappa shape index (κ1) is 13.4. The van der Waals surface area contributed by atoms with Crippen LogP contribution < -0.4 is 5.73 Å². The van der Waals surface area contributed by atoms with Crippen LogP contribution in [-0.2, 0) is 0 Å². The number of aryl methyl sites for hydroxylation is 1. The van der Waals surface area contributed by atoms with E-state index in [1.807, 2.05) is 35.9 Å². The molecule has 1 atom stereocenters. The summed E-state index contributed by atoms with van der Waals surface area (Å²) in [6.07, 6.45) is 0.901. The SMILES string of the molecule is CCC(c1cccc(Cl)c1)n1nc(C)c(Br)c1N. The molecule has 0 aliphatic rings. The Kier molecular flexibility index (Phi) is 3.97.